The molecule has 18 heavy (non-hydrogen) atoms. The van der Waals surface area contributed by atoms with E-state index in [2.05, 4.69) is 0 Å². The van der Waals surface area contributed by atoms with Crippen molar-refractivity contribution in [1.29, 1.82) is 0 Å². The van der Waals surface area contributed by atoms with E-state index in [1.165, 1.54) is 15.6 Å². The van der Waals surface area contributed by atoms with E-state index < -0.39 is 10.0 Å². The van der Waals surface area contributed by atoms with Crippen LogP contribution in [0, 0.1) is 0 Å². The standard InChI is InChI=1S/C11H16ClNO3S2/c1-16-9-3-2-6-13(8-9)18(14,15)11-5-4-10(7-12)17-11/h4-5,9H,2-3,6-8H2,1H3. The van der Waals surface area contributed by atoms with Crippen LogP contribution in [-0.2, 0) is 20.6 Å². The van der Waals surface area contributed by atoms with Crippen molar-refractivity contribution in [3.8, 4) is 0 Å². The highest BCUT2D eigenvalue weighted by Gasteiger charge is 2.31. The minimum Gasteiger partial charge on any atom is -0.380 e. The smallest absolute Gasteiger partial charge is 0.252 e. The number of methoxy groups -OCH3 is 1. The minimum atomic E-state index is -3.38. The molecule has 0 bridgehead atoms. The topological polar surface area (TPSA) is 46.6 Å². The van der Waals surface area contributed by atoms with Gasteiger partial charge in [0.05, 0.1) is 12.0 Å². The van der Waals surface area contributed by atoms with Crippen LogP contribution in [0.2, 0.25) is 0 Å². The summed E-state index contributed by atoms with van der Waals surface area (Å²) in [7, 11) is -1.76. The van der Waals surface area contributed by atoms with Crippen molar-refractivity contribution in [1.82, 2.24) is 4.31 Å². The third kappa shape index (κ3) is 2.88. The lowest BCUT2D eigenvalue weighted by Crippen LogP contribution is -2.42. The van der Waals surface area contributed by atoms with Gasteiger partial charge in [0, 0.05) is 25.1 Å². The molecular formula is C11H16ClNO3S2. The second kappa shape index (κ2) is 5.88. The number of sulfonamides is 1. The van der Waals surface area contributed by atoms with E-state index >= 15 is 0 Å². The van der Waals surface area contributed by atoms with Crippen molar-refractivity contribution in [2.75, 3.05) is 20.2 Å². The monoisotopic (exact) mass is 309 g/mol. The second-order valence-electron chi connectivity index (χ2n) is 4.22. The molecule has 0 aromatic carbocycles. The van der Waals surface area contributed by atoms with E-state index in [9.17, 15) is 8.42 Å². The number of alkyl halides is 1. The number of rotatable bonds is 4. The van der Waals surface area contributed by atoms with Gasteiger partial charge in [0.1, 0.15) is 4.21 Å². The number of ether oxygens (including phenoxy) is 1. The number of thiophene rings is 1. The molecule has 1 aromatic rings. The fourth-order valence-corrected chi connectivity index (χ4v) is 5.13. The third-order valence-corrected chi connectivity index (χ3v) is 6.90. The van der Waals surface area contributed by atoms with Crippen molar-refractivity contribution in [3.05, 3.63) is 17.0 Å². The van der Waals surface area contributed by atoms with Crippen LogP contribution in [0.4, 0.5) is 0 Å². The van der Waals surface area contributed by atoms with E-state index in [4.69, 9.17) is 16.3 Å². The normalized spacial score (nSPS) is 22.2. The number of piperidine rings is 1. The lowest BCUT2D eigenvalue weighted by molar-refractivity contribution is 0.0572. The van der Waals surface area contributed by atoms with Gasteiger partial charge in [-0.05, 0) is 25.0 Å². The van der Waals surface area contributed by atoms with Gasteiger partial charge in [-0.1, -0.05) is 0 Å². The SMILES string of the molecule is COC1CCCN(S(=O)(=O)c2ccc(CCl)s2)C1. The first-order chi connectivity index (χ1) is 8.57. The van der Waals surface area contributed by atoms with Crippen LogP contribution in [0.3, 0.4) is 0 Å². The number of hydrogen-bond acceptors (Lipinski definition) is 4. The van der Waals surface area contributed by atoms with Crippen molar-refractivity contribution in [3.63, 3.8) is 0 Å². The number of hydrogen-bond donors (Lipinski definition) is 0. The molecule has 0 aliphatic carbocycles. The van der Waals surface area contributed by atoms with Crippen LogP contribution in [0.5, 0.6) is 0 Å². The van der Waals surface area contributed by atoms with Gasteiger partial charge in [-0.15, -0.1) is 22.9 Å². The molecular weight excluding hydrogens is 294 g/mol. The predicted octanol–water partition coefficient (Wildman–Crippen LogP) is 2.29. The molecule has 2 heterocycles. The van der Waals surface area contributed by atoms with Crippen molar-refractivity contribution in [2.45, 2.75) is 29.0 Å². The average molecular weight is 310 g/mol. The highest BCUT2D eigenvalue weighted by molar-refractivity contribution is 7.91. The maximum Gasteiger partial charge on any atom is 0.252 e. The Kier molecular flexibility index (Phi) is 4.66. The van der Waals surface area contributed by atoms with Gasteiger partial charge in [0.25, 0.3) is 10.0 Å². The zero-order valence-electron chi connectivity index (χ0n) is 10.1. The van der Waals surface area contributed by atoms with Crippen LogP contribution in [0.1, 0.15) is 17.7 Å². The van der Waals surface area contributed by atoms with Gasteiger partial charge >= 0.3 is 0 Å². The van der Waals surface area contributed by atoms with Crippen LogP contribution < -0.4 is 0 Å². The largest absolute Gasteiger partial charge is 0.380 e. The van der Waals surface area contributed by atoms with Crippen molar-refractivity contribution < 1.29 is 13.2 Å². The molecule has 1 atom stereocenters. The van der Waals surface area contributed by atoms with E-state index in [-0.39, 0.29) is 6.10 Å². The Hall–Kier alpha value is -0.140. The molecule has 0 amide bonds. The third-order valence-electron chi connectivity index (χ3n) is 3.04. The summed E-state index contributed by atoms with van der Waals surface area (Å²) in [5.41, 5.74) is 0. The molecule has 1 aliphatic heterocycles. The number of halogens is 1. The fourth-order valence-electron chi connectivity index (χ4n) is 2.01. The molecule has 2 rings (SSSR count). The van der Waals surface area contributed by atoms with E-state index in [1.807, 2.05) is 0 Å². The first kappa shape index (κ1) is 14.3. The fraction of sp³-hybridized carbons (Fsp3) is 0.636. The maximum absolute atomic E-state index is 12.4. The second-order valence-corrected chi connectivity index (χ2v) is 7.82. The molecule has 102 valence electrons. The molecule has 1 unspecified atom stereocenters. The lowest BCUT2D eigenvalue weighted by Gasteiger charge is -2.30. The molecule has 1 fully saturated rings. The van der Waals surface area contributed by atoms with Crippen LogP contribution >= 0.6 is 22.9 Å². The molecule has 0 spiro atoms. The summed E-state index contributed by atoms with van der Waals surface area (Å²) in [4.78, 5) is 0.871. The average Bonchev–Trinajstić information content (AvgIpc) is 2.88. The molecule has 1 aliphatic rings. The lowest BCUT2D eigenvalue weighted by atomic mass is 10.1. The van der Waals surface area contributed by atoms with E-state index in [1.54, 1.807) is 19.2 Å². The quantitative estimate of drug-likeness (QED) is 0.802. The number of nitrogens with zero attached hydrogens (tertiary/aromatic N) is 1. The minimum absolute atomic E-state index is 0.000912. The van der Waals surface area contributed by atoms with Gasteiger partial charge < -0.3 is 4.74 Å². The Morgan fingerprint density at radius 3 is 2.94 bits per heavy atom. The predicted molar refractivity (Wildman–Crippen MR) is 72.7 cm³/mol. The van der Waals surface area contributed by atoms with Crippen LogP contribution in [0.15, 0.2) is 16.3 Å². The Labute approximate surface area is 117 Å². The highest BCUT2D eigenvalue weighted by atomic mass is 35.5. The molecule has 0 saturated carbocycles. The van der Waals surface area contributed by atoms with Gasteiger partial charge in [0.15, 0.2) is 0 Å². The highest BCUT2D eigenvalue weighted by Crippen LogP contribution is 2.28. The Balaban J connectivity index is 2.19. The Morgan fingerprint density at radius 1 is 1.56 bits per heavy atom. The summed E-state index contributed by atoms with van der Waals surface area (Å²) in [6.45, 7) is 1.00. The maximum atomic E-state index is 12.4. The summed E-state index contributed by atoms with van der Waals surface area (Å²) in [5, 5.41) is 0. The Bertz CT molecular complexity index is 500. The zero-order valence-corrected chi connectivity index (χ0v) is 12.5. The molecule has 7 heteroatoms. The van der Waals surface area contributed by atoms with Gasteiger partial charge in [0.2, 0.25) is 0 Å². The summed E-state index contributed by atoms with van der Waals surface area (Å²) in [6, 6.07) is 3.40. The van der Waals surface area contributed by atoms with Gasteiger partial charge in [-0.25, -0.2) is 8.42 Å². The van der Waals surface area contributed by atoms with Crippen LogP contribution in [0.25, 0.3) is 0 Å². The zero-order chi connectivity index (χ0) is 13.2. The molecule has 4 nitrogen and oxygen atoms in total. The first-order valence-corrected chi connectivity index (χ1v) is 8.54. The van der Waals surface area contributed by atoms with Crippen LogP contribution in [-0.4, -0.2) is 39.0 Å². The summed E-state index contributed by atoms with van der Waals surface area (Å²) in [5.74, 6) is 0.348. The molecule has 0 N–H and O–H groups in total. The van der Waals surface area contributed by atoms with Crippen molar-refractivity contribution in [2.24, 2.45) is 0 Å². The summed E-state index contributed by atoms with van der Waals surface area (Å²) in [6.07, 6.45) is 1.76. The van der Waals surface area contributed by atoms with E-state index in [0.717, 1.165) is 17.7 Å². The molecule has 0 radical (unpaired) electrons. The molecule has 1 aromatic heterocycles. The van der Waals surface area contributed by atoms with Gasteiger partial charge in [-0.2, -0.15) is 4.31 Å². The summed E-state index contributed by atoms with van der Waals surface area (Å²) < 4.78 is 32.0. The van der Waals surface area contributed by atoms with E-state index in [0.29, 0.717) is 23.2 Å². The van der Waals surface area contributed by atoms with Crippen molar-refractivity contribution >= 4 is 33.0 Å². The molecule has 1 saturated heterocycles. The first-order valence-electron chi connectivity index (χ1n) is 5.75. The van der Waals surface area contributed by atoms with Gasteiger partial charge in [-0.3, -0.25) is 0 Å². The Morgan fingerprint density at radius 2 is 2.33 bits per heavy atom. The summed E-state index contributed by atoms with van der Waals surface area (Å²) >= 11 is 6.94.